The van der Waals surface area contributed by atoms with E-state index in [4.69, 9.17) is 4.74 Å². The quantitative estimate of drug-likeness (QED) is 0.574. The summed E-state index contributed by atoms with van der Waals surface area (Å²) in [6.45, 7) is 3.51. The van der Waals surface area contributed by atoms with E-state index in [1.165, 1.54) is 7.11 Å². The number of methoxy groups -OCH3 is 1. The van der Waals surface area contributed by atoms with E-state index in [1.54, 1.807) is 12.1 Å². The Labute approximate surface area is 94.2 Å². The SMILES string of the molecule is COC(=O)COc1cc(C)c(C=O)c(C)c1. The standard InChI is InChI=1S/C12H14O4/c1-8-4-10(16-7-12(14)15-3)5-9(2)11(8)6-13/h4-6H,7H2,1-3H3. The first-order valence-electron chi connectivity index (χ1n) is 4.84. The number of esters is 1. The number of benzene rings is 1. The van der Waals surface area contributed by atoms with Crippen LogP contribution in [0.25, 0.3) is 0 Å². The van der Waals surface area contributed by atoms with Gasteiger partial charge in [0.25, 0.3) is 0 Å². The lowest BCUT2D eigenvalue weighted by Crippen LogP contribution is -2.12. The highest BCUT2D eigenvalue weighted by Gasteiger charge is 2.06. The second-order valence-corrected chi connectivity index (χ2v) is 3.45. The molecule has 1 aromatic carbocycles. The summed E-state index contributed by atoms with van der Waals surface area (Å²) in [4.78, 5) is 21.6. The minimum absolute atomic E-state index is 0.129. The van der Waals surface area contributed by atoms with Crippen molar-refractivity contribution in [1.82, 2.24) is 0 Å². The van der Waals surface area contributed by atoms with Crippen LogP contribution in [0.2, 0.25) is 0 Å². The van der Waals surface area contributed by atoms with Gasteiger partial charge in [0.2, 0.25) is 0 Å². The van der Waals surface area contributed by atoms with Crippen molar-refractivity contribution >= 4 is 12.3 Å². The second-order valence-electron chi connectivity index (χ2n) is 3.45. The van der Waals surface area contributed by atoms with Crippen molar-refractivity contribution in [3.8, 4) is 5.75 Å². The predicted molar refractivity (Wildman–Crippen MR) is 58.8 cm³/mol. The molecule has 16 heavy (non-hydrogen) atoms. The molecule has 0 fully saturated rings. The van der Waals surface area contributed by atoms with E-state index in [2.05, 4.69) is 4.74 Å². The van der Waals surface area contributed by atoms with Crippen molar-refractivity contribution in [3.05, 3.63) is 28.8 Å². The third kappa shape index (κ3) is 2.82. The van der Waals surface area contributed by atoms with Crippen LogP contribution < -0.4 is 4.74 Å². The average Bonchev–Trinajstić information content (AvgIpc) is 2.25. The molecule has 0 atom stereocenters. The number of carbonyl (C=O) groups excluding carboxylic acids is 2. The minimum Gasteiger partial charge on any atom is -0.482 e. The van der Waals surface area contributed by atoms with Crippen molar-refractivity contribution in [3.63, 3.8) is 0 Å². The summed E-state index contributed by atoms with van der Waals surface area (Å²) in [6.07, 6.45) is 0.814. The van der Waals surface area contributed by atoms with Gasteiger partial charge in [0.05, 0.1) is 7.11 Å². The smallest absolute Gasteiger partial charge is 0.343 e. The number of aldehydes is 1. The van der Waals surface area contributed by atoms with E-state index in [9.17, 15) is 9.59 Å². The van der Waals surface area contributed by atoms with Crippen LogP contribution in [0.15, 0.2) is 12.1 Å². The third-order valence-electron chi connectivity index (χ3n) is 2.27. The molecule has 1 aromatic rings. The average molecular weight is 222 g/mol. The van der Waals surface area contributed by atoms with E-state index >= 15 is 0 Å². The largest absolute Gasteiger partial charge is 0.482 e. The molecular formula is C12H14O4. The van der Waals surface area contributed by atoms with E-state index in [-0.39, 0.29) is 6.61 Å². The number of carbonyl (C=O) groups is 2. The van der Waals surface area contributed by atoms with E-state index in [0.717, 1.165) is 17.4 Å². The molecule has 0 aliphatic carbocycles. The van der Waals surface area contributed by atoms with Crippen molar-refractivity contribution in [2.24, 2.45) is 0 Å². The van der Waals surface area contributed by atoms with Crippen LogP contribution in [0, 0.1) is 13.8 Å². The van der Waals surface area contributed by atoms with Gasteiger partial charge < -0.3 is 9.47 Å². The van der Waals surface area contributed by atoms with E-state index in [1.807, 2.05) is 13.8 Å². The van der Waals surface area contributed by atoms with Gasteiger partial charge in [0, 0.05) is 5.56 Å². The predicted octanol–water partition coefficient (Wildman–Crippen LogP) is 1.67. The number of ether oxygens (including phenoxy) is 2. The van der Waals surface area contributed by atoms with Gasteiger partial charge >= 0.3 is 5.97 Å². The Kier molecular flexibility index (Phi) is 4.05. The molecule has 0 amide bonds. The van der Waals surface area contributed by atoms with Crippen LogP contribution in [0.4, 0.5) is 0 Å². The molecule has 0 heterocycles. The second kappa shape index (κ2) is 5.30. The molecule has 0 N–H and O–H groups in total. The molecule has 1 rings (SSSR count). The molecular weight excluding hydrogens is 208 g/mol. The Hall–Kier alpha value is -1.84. The third-order valence-corrected chi connectivity index (χ3v) is 2.27. The Morgan fingerprint density at radius 3 is 2.31 bits per heavy atom. The highest BCUT2D eigenvalue weighted by molar-refractivity contribution is 5.80. The fourth-order valence-corrected chi connectivity index (χ4v) is 1.41. The zero-order valence-electron chi connectivity index (χ0n) is 9.57. The Morgan fingerprint density at radius 2 is 1.88 bits per heavy atom. The minimum atomic E-state index is -0.435. The van der Waals surface area contributed by atoms with Crippen molar-refractivity contribution < 1.29 is 19.1 Å². The van der Waals surface area contributed by atoms with Gasteiger partial charge in [-0.25, -0.2) is 4.79 Å². The fraction of sp³-hybridized carbons (Fsp3) is 0.333. The maximum Gasteiger partial charge on any atom is 0.343 e. The summed E-state index contributed by atoms with van der Waals surface area (Å²) in [6, 6.07) is 3.44. The van der Waals surface area contributed by atoms with Crippen LogP contribution in [0.5, 0.6) is 5.75 Å². The topological polar surface area (TPSA) is 52.6 Å². The Balaban J connectivity index is 2.83. The molecule has 0 spiro atoms. The molecule has 0 unspecified atom stereocenters. The molecule has 4 heteroatoms. The van der Waals surface area contributed by atoms with Gasteiger partial charge in [0.1, 0.15) is 5.75 Å². The molecule has 4 nitrogen and oxygen atoms in total. The maximum atomic E-state index is 10.9. The van der Waals surface area contributed by atoms with Crippen LogP contribution >= 0.6 is 0 Å². The van der Waals surface area contributed by atoms with Gasteiger partial charge in [0.15, 0.2) is 12.9 Å². The molecule has 0 radical (unpaired) electrons. The lowest BCUT2D eigenvalue weighted by Gasteiger charge is -2.09. The summed E-state index contributed by atoms with van der Waals surface area (Å²) in [5.41, 5.74) is 2.31. The van der Waals surface area contributed by atoms with E-state index in [0.29, 0.717) is 11.3 Å². The van der Waals surface area contributed by atoms with Crippen LogP contribution in [0.3, 0.4) is 0 Å². The summed E-state index contributed by atoms with van der Waals surface area (Å²) >= 11 is 0. The number of rotatable bonds is 4. The summed E-state index contributed by atoms with van der Waals surface area (Å²) in [5, 5.41) is 0. The molecule has 0 aromatic heterocycles. The van der Waals surface area contributed by atoms with Gasteiger partial charge in [-0.2, -0.15) is 0 Å². The first-order chi connectivity index (χ1) is 7.58. The summed E-state index contributed by atoms with van der Waals surface area (Å²) in [7, 11) is 1.30. The van der Waals surface area contributed by atoms with Crippen LogP contribution in [-0.4, -0.2) is 26.0 Å². The van der Waals surface area contributed by atoms with Gasteiger partial charge in [-0.15, -0.1) is 0 Å². The molecule has 0 aliphatic heterocycles. The highest BCUT2D eigenvalue weighted by Crippen LogP contribution is 2.20. The Bertz CT molecular complexity index is 386. The molecule has 0 bridgehead atoms. The van der Waals surface area contributed by atoms with E-state index < -0.39 is 5.97 Å². The van der Waals surface area contributed by atoms with Crippen molar-refractivity contribution in [2.75, 3.05) is 13.7 Å². The molecule has 0 aliphatic rings. The monoisotopic (exact) mass is 222 g/mol. The van der Waals surface area contributed by atoms with Gasteiger partial charge in [-0.05, 0) is 37.1 Å². The first-order valence-corrected chi connectivity index (χ1v) is 4.84. The lowest BCUT2D eigenvalue weighted by molar-refractivity contribution is -0.142. The van der Waals surface area contributed by atoms with Crippen LogP contribution in [-0.2, 0) is 9.53 Å². The number of hydrogen-bond acceptors (Lipinski definition) is 4. The first kappa shape index (κ1) is 12.2. The number of aryl methyl sites for hydroxylation is 2. The van der Waals surface area contributed by atoms with Gasteiger partial charge in [-0.1, -0.05) is 0 Å². The Morgan fingerprint density at radius 1 is 1.31 bits per heavy atom. The van der Waals surface area contributed by atoms with Gasteiger partial charge in [-0.3, -0.25) is 4.79 Å². The normalized spacial score (nSPS) is 9.69. The summed E-state index contributed by atoms with van der Waals surface area (Å²) in [5.74, 6) is 0.126. The zero-order chi connectivity index (χ0) is 12.1. The van der Waals surface area contributed by atoms with Crippen molar-refractivity contribution in [1.29, 1.82) is 0 Å². The maximum absolute atomic E-state index is 10.9. The molecule has 0 saturated heterocycles. The van der Waals surface area contributed by atoms with Crippen LogP contribution in [0.1, 0.15) is 21.5 Å². The zero-order valence-corrected chi connectivity index (χ0v) is 9.57. The van der Waals surface area contributed by atoms with Crippen molar-refractivity contribution in [2.45, 2.75) is 13.8 Å². The molecule has 86 valence electrons. The lowest BCUT2D eigenvalue weighted by atomic mass is 10.0. The highest BCUT2D eigenvalue weighted by atomic mass is 16.6. The number of hydrogen-bond donors (Lipinski definition) is 0. The molecule has 0 saturated carbocycles. The fourth-order valence-electron chi connectivity index (χ4n) is 1.41. The summed E-state index contributed by atoms with van der Waals surface area (Å²) < 4.78 is 9.69.